The van der Waals surface area contributed by atoms with Crippen LogP contribution in [0.15, 0.2) is 73.6 Å². The van der Waals surface area contributed by atoms with Crippen molar-refractivity contribution in [1.29, 1.82) is 0 Å². The molecule has 1 saturated carbocycles. The van der Waals surface area contributed by atoms with E-state index >= 15 is 9.59 Å². The highest BCUT2D eigenvalue weighted by molar-refractivity contribution is 5.99. The van der Waals surface area contributed by atoms with Gasteiger partial charge in [-0.3, -0.25) is 38.5 Å². The van der Waals surface area contributed by atoms with Gasteiger partial charge in [0.2, 0.25) is 41.4 Å². The summed E-state index contributed by atoms with van der Waals surface area (Å²) in [6.07, 6.45) is 13.5. The molecule has 0 unspecified atom stereocenters. The van der Waals surface area contributed by atoms with Crippen LogP contribution < -0.4 is 21.3 Å². The van der Waals surface area contributed by atoms with E-state index in [0.29, 0.717) is 18.4 Å². The van der Waals surface area contributed by atoms with Crippen molar-refractivity contribution in [3.05, 3.63) is 90.4 Å². The molecule has 72 heavy (non-hydrogen) atoms. The number of carbonyl (C=O) groups is 7. The maximum absolute atomic E-state index is 15.4. The van der Waals surface area contributed by atoms with Crippen molar-refractivity contribution in [2.75, 3.05) is 20.6 Å². The molecule has 4 heterocycles. The number of pyridine rings is 1. The fourth-order valence-corrected chi connectivity index (χ4v) is 10.1. The molecule has 0 radical (unpaired) electrons. The molecule has 16 heteroatoms. The molecule has 390 valence electrons. The first kappa shape index (κ1) is 55.0. The van der Waals surface area contributed by atoms with Gasteiger partial charge in [-0.05, 0) is 101 Å². The van der Waals surface area contributed by atoms with Crippen LogP contribution in [0.1, 0.15) is 117 Å². The Morgan fingerprint density at radius 3 is 2.03 bits per heavy atom. The second-order valence-electron chi connectivity index (χ2n) is 21.8. The van der Waals surface area contributed by atoms with Gasteiger partial charge >= 0.3 is 0 Å². The lowest BCUT2D eigenvalue weighted by atomic mass is 9.80. The van der Waals surface area contributed by atoms with E-state index in [1.54, 1.807) is 12.3 Å². The minimum absolute atomic E-state index is 0.0129. The third-order valence-corrected chi connectivity index (χ3v) is 14.8. The molecule has 1 aromatic carbocycles. The van der Waals surface area contributed by atoms with Crippen molar-refractivity contribution < 1.29 is 33.6 Å². The average Bonchev–Trinajstić information content (AvgIpc) is 3.70. The fourth-order valence-electron chi connectivity index (χ4n) is 10.1. The number of hydrogen-bond acceptors (Lipinski definition) is 8. The van der Waals surface area contributed by atoms with Gasteiger partial charge < -0.3 is 40.5 Å². The normalized spacial score (nSPS) is 25.5. The molecule has 6 rings (SSSR count). The molecule has 2 aliphatic heterocycles. The highest BCUT2D eigenvalue weighted by Crippen LogP contribution is 2.32. The van der Waals surface area contributed by atoms with E-state index in [0.717, 1.165) is 41.4 Å². The molecule has 2 fully saturated rings. The van der Waals surface area contributed by atoms with Crippen molar-refractivity contribution in [3.8, 4) is 0 Å². The standard InChI is InChI=1S/C56H79N9O7/c1-12-56(8,9)65-33-40(41-21-15-16-22-45(41)65)31-44-54(71)63(11)47(27-34(2)3)51(68)59-43(30-39-25-24-36(6)57-32-39)49(66)58-37(7)53(70)62(10)46-23-14-13-17-26-64(55(46)72)48(28-35(4)5)52(69)60-42(50(67)61-44)29-38-19-18-20-38/h12-16,21-22,24-25,32-35,37-38,42-44,46-48H,1,17-20,23,26-31H2,2-11H3,(H,58,66)(H,59,68)(H,60,69)(H,61,67)/b14-13-/t37-,42-,43-,44-,46-,47-,48-/m0/s1. The Labute approximate surface area is 426 Å². The predicted molar refractivity (Wildman–Crippen MR) is 279 cm³/mol. The SMILES string of the molecule is C=CC(C)(C)n1cc(C[C@@H]2NC(=O)[C@H](CC3CCC3)NC(=O)[C@H](CC(C)C)N3CC/C=C\C[C@@H](C3=O)N(C)C(=O)[C@H](C)NC(=O)[C@H](Cc3ccc(C)nc3)NC(=O)[C@H](CC(C)C)N(C)C2=O)c2ccccc21. The first-order chi connectivity index (χ1) is 34.1. The van der Waals surface area contributed by atoms with E-state index < -0.39 is 89.2 Å². The third-order valence-electron chi connectivity index (χ3n) is 14.8. The number of rotatable bonds is 12. The van der Waals surface area contributed by atoms with Gasteiger partial charge in [0.25, 0.3) is 0 Å². The first-order valence-electron chi connectivity index (χ1n) is 25.9. The number of carbonyl (C=O) groups excluding carboxylic acids is 7. The van der Waals surface area contributed by atoms with Crippen molar-refractivity contribution in [2.24, 2.45) is 17.8 Å². The van der Waals surface area contributed by atoms with Crippen LogP contribution in [0.5, 0.6) is 0 Å². The minimum Gasteiger partial charge on any atom is -0.343 e. The number of likely N-dealkylation sites (N-methyl/N-ethyl adjacent to an activating group) is 2. The third kappa shape index (κ3) is 13.2. The Morgan fingerprint density at radius 2 is 1.39 bits per heavy atom. The number of aromatic nitrogens is 2. The summed E-state index contributed by atoms with van der Waals surface area (Å²) in [5.74, 6) is -3.82. The molecule has 1 aliphatic carbocycles. The largest absolute Gasteiger partial charge is 0.343 e. The van der Waals surface area contributed by atoms with Crippen molar-refractivity contribution in [1.82, 2.24) is 45.5 Å². The predicted octanol–water partition coefficient (Wildman–Crippen LogP) is 5.51. The number of amides is 7. The van der Waals surface area contributed by atoms with Gasteiger partial charge in [-0.15, -0.1) is 6.58 Å². The van der Waals surface area contributed by atoms with Crippen LogP contribution in [-0.2, 0) is 51.9 Å². The molecule has 16 nitrogen and oxygen atoms in total. The van der Waals surface area contributed by atoms with E-state index in [1.807, 2.05) is 103 Å². The van der Waals surface area contributed by atoms with Gasteiger partial charge in [0.05, 0.1) is 5.54 Å². The number of benzene rings is 1. The number of nitrogens with zero attached hydrogens (tertiary/aromatic N) is 5. The minimum atomic E-state index is -1.22. The van der Waals surface area contributed by atoms with Crippen LogP contribution in [0.3, 0.4) is 0 Å². The second kappa shape index (κ2) is 23.9. The molecule has 0 spiro atoms. The van der Waals surface area contributed by atoms with E-state index in [-0.39, 0.29) is 56.4 Å². The number of fused-ring (bicyclic) bond motifs is 3. The van der Waals surface area contributed by atoms with E-state index in [2.05, 4.69) is 37.4 Å². The molecule has 3 aliphatic rings. The number of allylic oxidation sites excluding steroid dienone is 1. The zero-order valence-corrected chi connectivity index (χ0v) is 44.2. The van der Waals surface area contributed by atoms with Crippen molar-refractivity contribution in [3.63, 3.8) is 0 Å². The molecule has 7 atom stereocenters. The fraction of sp³-hybridized carbons (Fsp3) is 0.571. The lowest BCUT2D eigenvalue weighted by Gasteiger charge is -2.39. The number of nitrogens with one attached hydrogen (secondary N) is 4. The van der Waals surface area contributed by atoms with Gasteiger partial charge in [-0.25, -0.2) is 0 Å². The smallest absolute Gasteiger partial charge is 0.246 e. The molecule has 2 bridgehead atoms. The summed E-state index contributed by atoms with van der Waals surface area (Å²) in [4.78, 5) is 113. The van der Waals surface area contributed by atoms with Gasteiger partial charge in [-0.2, -0.15) is 0 Å². The number of hydrogen-bond donors (Lipinski definition) is 4. The van der Waals surface area contributed by atoms with Crippen LogP contribution in [0, 0.1) is 24.7 Å². The van der Waals surface area contributed by atoms with Crippen molar-refractivity contribution >= 4 is 52.3 Å². The van der Waals surface area contributed by atoms with Gasteiger partial charge in [0.15, 0.2) is 0 Å². The zero-order valence-electron chi connectivity index (χ0n) is 44.2. The summed E-state index contributed by atoms with van der Waals surface area (Å²) in [5, 5.41) is 12.8. The first-order valence-corrected chi connectivity index (χ1v) is 25.9. The lowest BCUT2D eigenvalue weighted by molar-refractivity contribution is -0.150. The van der Waals surface area contributed by atoms with E-state index in [4.69, 9.17) is 0 Å². The van der Waals surface area contributed by atoms with Crippen LogP contribution in [-0.4, -0.2) is 129 Å². The maximum Gasteiger partial charge on any atom is 0.246 e. The topological polar surface area (TPSA) is 195 Å². The van der Waals surface area contributed by atoms with Crippen LogP contribution in [0.4, 0.5) is 0 Å². The van der Waals surface area contributed by atoms with Gasteiger partial charge in [0, 0.05) is 62.5 Å². The Bertz CT molecular complexity index is 2490. The molecule has 3 aromatic rings. The van der Waals surface area contributed by atoms with Crippen LogP contribution >= 0.6 is 0 Å². The van der Waals surface area contributed by atoms with E-state index in [1.165, 1.54) is 35.7 Å². The quantitative estimate of drug-likeness (QED) is 0.171. The summed E-state index contributed by atoms with van der Waals surface area (Å²) in [6.45, 7) is 19.5. The van der Waals surface area contributed by atoms with Gasteiger partial charge in [0.1, 0.15) is 42.3 Å². The average molecular weight is 990 g/mol. The monoisotopic (exact) mass is 990 g/mol. The van der Waals surface area contributed by atoms with Crippen molar-refractivity contribution in [2.45, 2.75) is 167 Å². The molecule has 1 saturated heterocycles. The van der Waals surface area contributed by atoms with E-state index in [9.17, 15) is 24.0 Å². The lowest BCUT2D eigenvalue weighted by Crippen LogP contribution is -2.61. The Kier molecular flexibility index (Phi) is 18.3. The highest BCUT2D eigenvalue weighted by atomic mass is 16.2. The Hall–Kier alpha value is -6.32. The highest BCUT2D eigenvalue weighted by Gasteiger charge is 2.42. The molecule has 2 aromatic heterocycles. The summed E-state index contributed by atoms with van der Waals surface area (Å²) >= 11 is 0. The molecule has 7 amide bonds. The zero-order chi connectivity index (χ0) is 52.6. The maximum atomic E-state index is 15.4. The number of aryl methyl sites for hydroxylation is 1. The molecular weight excluding hydrogens is 911 g/mol. The Balaban J connectivity index is 1.50. The van der Waals surface area contributed by atoms with Gasteiger partial charge in [-0.1, -0.05) is 89.5 Å². The number of para-hydroxylation sites is 1. The molecular formula is C56H79N9O7. The Morgan fingerprint density at radius 1 is 0.750 bits per heavy atom. The van der Waals surface area contributed by atoms with Crippen LogP contribution in [0.25, 0.3) is 10.9 Å². The second-order valence-corrected chi connectivity index (χ2v) is 21.8. The summed E-state index contributed by atoms with van der Waals surface area (Å²) in [7, 11) is 3.05. The summed E-state index contributed by atoms with van der Waals surface area (Å²) in [6, 6.07) is 3.69. The summed E-state index contributed by atoms with van der Waals surface area (Å²) < 4.78 is 2.09. The van der Waals surface area contributed by atoms with Crippen LogP contribution in [0.2, 0.25) is 0 Å². The summed E-state index contributed by atoms with van der Waals surface area (Å²) in [5.41, 5.74) is 2.57. The molecule has 4 N–H and O–H groups in total.